The first kappa shape index (κ1) is 32.1. The summed E-state index contributed by atoms with van der Waals surface area (Å²) in [6.07, 6.45) is -7.74. The van der Waals surface area contributed by atoms with Gasteiger partial charge in [0.1, 0.15) is 0 Å². The predicted octanol–water partition coefficient (Wildman–Crippen LogP) is -0.427. The van der Waals surface area contributed by atoms with Crippen molar-refractivity contribution in [2.45, 2.75) is 41.7 Å². The first-order valence-corrected chi connectivity index (χ1v) is 6.54. The van der Waals surface area contributed by atoms with E-state index in [9.17, 15) is 80.6 Å². The van der Waals surface area contributed by atoms with E-state index in [1.807, 2.05) is 0 Å². The first-order valence-electron chi connectivity index (χ1n) is 6.54. The number of alkyl halides is 15. The van der Waals surface area contributed by atoms with Crippen LogP contribution in [0.4, 0.5) is 65.9 Å². The van der Waals surface area contributed by atoms with Gasteiger partial charge in [-0.3, -0.25) is 4.79 Å². The monoisotopic (exact) mass is 507 g/mol. The van der Waals surface area contributed by atoms with Crippen molar-refractivity contribution in [3.63, 3.8) is 0 Å². The van der Waals surface area contributed by atoms with Gasteiger partial charge in [0, 0.05) is 7.05 Å². The molecule has 0 aliphatic carbocycles. The van der Waals surface area contributed by atoms with Gasteiger partial charge in [-0.2, -0.15) is 65.9 Å². The molecule has 0 aromatic heterocycles. The molecule has 0 unspecified atom stereocenters. The molecule has 0 spiro atoms. The van der Waals surface area contributed by atoms with Crippen LogP contribution in [0.15, 0.2) is 0 Å². The van der Waals surface area contributed by atoms with Gasteiger partial charge in [0.15, 0.2) is 0 Å². The van der Waals surface area contributed by atoms with E-state index in [0.717, 1.165) is 0 Å². The molecule has 178 valence electrons. The fourth-order valence-electron chi connectivity index (χ4n) is 1.61. The molecule has 0 bridgehead atoms. The molecule has 0 aromatic carbocycles. The van der Waals surface area contributed by atoms with E-state index in [2.05, 4.69) is 0 Å². The van der Waals surface area contributed by atoms with Crippen LogP contribution in [-0.2, 0) is 9.59 Å². The van der Waals surface area contributed by atoms with Crippen LogP contribution in [0, 0.1) is 0 Å². The number of hydrogen-bond acceptors (Lipinski definition) is 3. The number of carbonyl (C=O) groups excluding carboxylic acids is 2. The minimum atomic E-state index is -8.53. The second-order valence-electron chi connectivity index (χ2n) is 5.48. The maximum atomic E-state index is 13.4. The largest absolute Gasteiger partial charge is 1.00 e. The smallest absolute Gasteiger partial charge is 0.548 e. The minimum Gasteiger partial charge on any atom is -0.548 e. The van der Waals surface area contributed by atoms with Gasteiger partial charge in [0.05, 0.1) is 12.5 Å². The standard InChI is InChI=1S/C11H6F15NO3.Na/c1-27(2-3(28)29)4(30)5(12,13)6(14,15)7(16,17)8(18,19)9(20,21)10(22,23)11(24,25)26;/h2H2,1H3,(H,28,29);/q;+1/p-1. The van der Waals surface area contributed by atoms with E-state index >= 15 is 0 Å². The quantitative estimate of drug-likeness (QED) is 0.332. The average Bonchev–Trinajstić information content (AvgIpc) is 2.51. The van der Waals surface area contributed by atoms with Gasteiger partial charge < -0.3 is 14.8 Å². The fourth-order valence-corrected chi connectivity index (χ4v) is 1.61. The molecular weight excluding hydrogens is 502 g/mol. The Bertz CT molecular complexity index is 690. The van der Waals surface area contributed by atoms with Crippen LogP contribution in [0.5, 0.6) is 0 Å². The topological polar surface area (TPSA) is 60.4 Å². The predicted molar refractivity (Wildman–Crippen MR) is 58.4 cm³/mol. The van der Waals surface area contributed by atoms with Crippen molar-refractivity contribution in [1.82, 2.24) is 4.90 Å². The molecule has 0 fully saturated rings. The Morgan fingerprint density at radius 1 is 0.645 bits per heavy atom. The molecule has 4 nitrogen and oxygen atoms in total. The van der Waals surface area contributed by atoms with Crippen LogP contribution in [0.1, 0.15) is 0 Å². The Morgan fingerprint density at radius 3 is 1.23 bits per heavy atom. The summed E-state index contributed by atoms with van der Waals surface area (Å²) in [4.78, 5) is 20.1. The van der Waals surface area contributed by atoms with Gasteiger partial charge in [-0.25, -0.2) is 0 Å². The first-order chi connectivity index (χ1) is 12.7. The van der Waals surface area contributed by atoms with Gasteiger partial charge in [-0.1, -0.05) is 0 Å². The van der Waals surface area contributed by atoms with Crippen LogP contribution in [-0.4, -0.2) is 72.1 Å². The van der Waals surface area contributed by atoms with Gasteiger partial charge in [0.2, 0.25) is 0 Å². The molecular formula is C11H5F15NNaO3. The second kappa shape index (κ2) is 8.68. The summed E-state index contributed by atoms with van der Waals surface area (Å²) in [5.41, 5.74) is 0. The maximum absolute atomic E-state index is 13.4. The summed E-state index contributed by atoms with van der Waals surface area (Å²) in [7, 11) is -0.120. The molecule has 0 N–H and O–H groups in total. The van der Waals surface area contributed by atoms with Crippen LogP contribution >= 0.6 is 0 Å². The summed E-state index contributed by atoms with van der Waals surface area (Å²) in [6.45, 7) is -2.06. The number of amides is 1. The molecule has 0 aliphatic rings. The number of halogens is 15. The number of carboxylic acids is 1. The van der Waals surface area contributed by atoms with Crippen LogP contribution in [0.3, 0.4) is 0 Å². The summed E-state index contributed by atoms with van der Waals surface area (Å²) in [5.74, 6) is -55.0. The zero-order valence-corrected chi connectivity index (χ0v) is 16.5. The number of hydrogen-bond donors (Lipinski definition) is 0. The Morgan fingerprint density at radius 2 is 0.935 bits per heavy atom. The summed E-state index contributed by atoms with van der Waals surface area (Å²) >= 11 is 0. The van der Waals surface area contributed by atoms with E-state index in [1.165, 1.54) is 0 Å². The Hall–Kier alpha value is -1.11. The molecule has 20 heteroatoms. The van der Waals surface area contributed by atoms with Crippen molar-refractivity contribution < 1.29 is 110 Å². The zero-order valence-electron chi connectivity index (χ0n) is 14.5. The van der Waals surface area contributed by atoms with Crippen molar-refractivity contribution in [3.8, 4) is 0 Å². The molecule has 1 amide bonds. The maximum Gasteiger partial charge on any atom is 1.00 e. The van der Waals surface area contributed by atoms with Crippen molar-refractivity contribution in [1.29, 1.82) is 0 Å². The fraction of sp³-hybridized carbons (Fsp3) is 0.818. The second-order valence-corrected chi connectivity index (χ2v) is 5.48. The third-order valence-corrected chi connectivity index (χ3v) is 3.31. The van der Waals surface area contributed by atoms with E-state index in [-0.39, 0.29) is 36.6 Å². The molecule has 0 radical (unpaired) electrons. The number of carboxylic acid groups (broad SMARTS) is 1. The third-order valence-electron chi connectivity index (χ3n) is 3.31. The minimum absolute atomic E-state index is 0. The summed E-state index contributed by atoms with van der Waals surface area (Å²) in [6, 6.07) is 0. The molecule has 0 aromatic rings. The van der Waals surface area contributed by atoms with Gasteiger partial charge in [0.25, 0.3) is 5.91 Å². The number of rotatable bonds is 8. The van der Waals surface area contributed by atoms with E-state index in [4.69, 9.17) is 0 Å². The molecule has 0 aliphatic heterocycles. The zero-order chi connectivity index (χ0) is 24.9. The van der Waals surface area contributed by atoms with Gasteiger partial charge in [-0.15, -0.1) is 0 Å². The van der Waals surface area contributed by atoms with Gasteiger partial charge in [-0.05, 0) is 0 Å². The van der Waals surface area contributed by atoms with Crippen molar-refractivity contribution in [3.05, 3.63) is 0 Å². The third kappa shape index (κ3) is 4.67. The molecule has 0 saturated heterocycles. The van der Waals surface area contributed by atoms with Crippen LogP contribution in [0.2, 0.25) is 0 Å². The SMILES string of the molecule is CN(CC(=O)[O-])C(=O)C(F)(F)C(F)(F)C(F)(F)C(F)(F)C(F)(F)C(F)(F)C(F)(F)F.[Na+]. The normalized spacial score (nSPS) is 14.7. The average molecular weight is 507 g/mol. The summed E-state index contributed by atoms with van der Waals surface area (Å²) < 4.78 is 193. The van der Waals surface area contributed by atoms with Crippen molar-refractivity contribution in [2.24, 2.45) is 0 Å². The van der Waals surface area contributed by atoms with Crippen molar-refractivity contribution in [2.75, 3.05) is 13.6 Å². The van der Waals surface area contributed by atoms with Crippen LogP contribution in [0.25, 0.3) is 0 Å². The number of aliphatic carboxylic acids is 1. The van der Waals surface area contributed by atoms with E-state index in [1.54, 1.807) is 0 Å². The summed E-state index contributed by atoms with van der Waals surface area (Å²) in [5, 5.41) is 10.1. The Kier molecular flexibility index (Phi) is 8.98. The molecule has 0 heterocycles. The number of nitrogens with zero attached hydrogens (tertiary/aromatic N) is 1. The molecule has 0 atom stereocenters. The molecule has 31 heavy (non-hydrogen) atoms. The van der Waals surface area contributed by atoms with E-state index < -0.39 is 65.0 Å². The number of likely N-dealkylation sites (N-methyl/N-ethyl adjacent to an activating group) is 1. The van der Waals surface area contributed by atoms with E-state index in [0.29, 0.717) is 0 Å². The van der Waals surface area contributed by atoms with Crippen LogP contribution < -0.4 is 34.7 Å². The Labute approximate surface area is 182 Å². The molecule has 0 saturated carbocycles. The Balaban J connectivity index is 0. The molecule has 0 rings (SSSR count). The van der Waals surface area contributed by atoms with Crippen molar-refractivity contribution >= 4 is 11.9 Å². The number of carbonyl (C=O) groups is 2. The van der Waals surface area contributed by atoms with Gasteiger partial charge >= 0.3 is 71.3 Å².